The van der Waals surface area contributed by atoms with Gasteiger partial charge in [0, 0.05) is 33.9 Å². The highest BCUT2D eigenvalue weighted by atomic mass is 16.3. The van der Waals surface area contributed by atoms with Crippen LogP contribution in [-0.4, -0.2) is 4.98 Å². The van der Waals surface area contributed by atoms with Gasteiger partial charge in [0.1, 0.15) is 11.2 Å². The van der Waals surface area contributed by atoms with Gasteiger partial charge in [0.15, 0.2) is 16.8 Å². The third kappa shape index (κ3) is 3.87. The number of nitrogens with zero attached hydrogens (tertiary/aromatic N) is 3. The number of rotatable bonds is 4. The molecule has 5 aromatic carbocycles. The molecule has 5 aromatic rings. The Hall–Kier alpha value is -5.73. The first-order valence-corrected chi connectivity index (χ1v) is 12.9. The monoisotopic (exact) mass is 515 g/mol. The highest BCUT2D eigenvalue weighted by molar-refractivity contribution is 6.02. The molecule has 40 heavy (non-hydrogen) atoms. The van der Waals surface area contributed by atoms with Crippen LogP contribution in [0.15, 0.2) is 137 Å². The molecule has 188 valence electrons. The van der Waals surface area contributed by atoms with Crippen molar-refractivity contribution in [2.45, 2.75) is 0 Å². The van der Waals surface area contributed by atoms with E-state index < -0.39 is 0 Å². The lowest BCUT2D eigenvalue weighted by Crippen LogP contribution is -2.11. The second-order valence-corrected chi connectivity index (χ2v) is 9.49. The maximum absolute atomic E-state index is 13.8. The lowest BCUT2D eigenvalue weighted by atomic mass is 9.94. The van der Waals surface area contributed by atoms with Gasteiger partial charge >= 0.3 is 0 Å². The zero-order valence-corrected chi connectivity index (χ0v) is 21.3. The molecule has 0 N–H and O–H groups in total. The molecule has 1 aliphatic heterocycles. The Morgan fingerprint density at radius 1 is 0.675 bits per heavy atom. The van der Waals surface area contributed by atoms with Gasteiger partial charge in [-0.3, -0.25) is 4.79 Å². The third-order valence-electron chi connectivity index (χ3n) is 7.07. The number of fused-ring (bicyclic) bond motifs is 4. The van der Waals surface area contributed by atoms with Gasteiger partial charge < -0.3 is 9.32 Å². The van der Waals surface area contributed by atoms with Gasteiger partial charge in [0.05, 0.1) is 17.2 Å². The fourth-order valence-electron chi connectivity index (χ4n) is 5.20. The molecule has 0 fully saturated rings. The highest BCUT2D eigenvalue weighted by Crippen LogP contribution is 2.40. The minimum atomic E-state index is -0.135. The number of para-hydroxylation sites is 2. The molecular formula is C35H21N3O2. The van der Waals surface area contributed by atoms with Crippen LogP contribution in [0.25, 0.3) is 44.5 Å². The van der Waals surface area contributed by atoms with Crippen molar-refractivity contribution in [2.24, 2.45) is 0 Å². The van der Waals surface area contributed by atoms with Gasteiger partial charge in [-0.2, -0.15) is 5.26 Å². The van der Waals surface area contributed by atoms with Crippen molar-refractivity contribution >= 4 is 38.9 Å². The standard InChI is InChI=1S/C35H21N3O2/c36-22-23-15-17-24(18-16-23)32-34(39)29-14-8-7-13-28(29)33-35(32)40-31-21-27(19-20-30(31)37-33)38(25-9-3-1-4-10-25)26-11-5-2-6-12-26/h1-21H. The fourth-order valence-corrected chi connectivity index (χ4v) is 5.20. The van der Waals surface area contributed by atoms with E-state index in [2.05, 4.69) is 35.2 Å². The number of anilines is 3. The number of benzene rings is 6. The van der Waals surface area contributed by atoms with Crippen LogP contribution >= 0.6 is 0 Å². The third-order valence-corrected chi connectivity index (χ3v) is 7.07. The summed E-state index contributed by atoms with van der Waals surface area (Å²) in [6.07, 6.45) is 0. The topological polar surface area (TPSA) is 70.1 Å². The smallest absolute Gasteiger partial charge is 0.198 e. The van der Waals surface area contributed by atoms with Gasteiger partial charge in [-0.25, -0.2) is 4.98 Å². The Bertz CT molecular complexity index is 2040. The normalized spacial score (nSPS) is 11.1. The highest BCUT2D eigenvalue weighted by Gasteiger charge is 2.24. The zero-order valence-electron chi connectivity index (χ0n) is 21.3. The van der Waals surface area contributed by atoms with Crippen molar-refractivity contribution in [3.8, 4) is 28.7 Å². The van der Waals surface area contributed by atoms with Crippen molar-refractivity contribution in [1.29, 1.82) is 5.26 Å². The first-order valence-electron chi connectivity index (χ1n) is 12.9. The Kier molecular flexibility index (Phi) is 5.58. The van der Waals surface area contributed by atoms with Crippen molar-refractivity contribution in [2.75, 3.05) is 4.90 Å². The van der Waals surface area contributed by atoms with Gasteiger partial charge in [-0.1, -0.05) is 72.8 Å². The van der Waals surface area contributed by atoms with Crippen molar-refractivity contribution in [3.05, 3.63) is 143 Å². The second-order valence-electron chi connectivity index (χ2n) is 9.49. The molecule has 0 saturated heterocycles. The average molecular weight is 516 g/mol. The van der Waals surface area contributed by atoms with E-state index >= 15 is 0 Å². The van der Waals surface area contributed by atoms with Crippen LogP contribution in [0.4, 0.5) is 17.1 Å². The molecule has 0 amide bonds. The minimum absolute atomic E-state index is 0.135. The molecule has 0 spiro atoms. The van der Waals surface area contributed by atoms with E-state index in [1.165, 1.54) is 0 Å². The van der Waals surface area contributed by atoms with Crippen LogP contribution in [0.5, 0.6) is 0 Å². The molecule has 0 radical (unpaired) electrons. The van der Waals surface area contributed by atoms with Crippen molar-refractivity contribution in [1.82, 2.24) is 4.98 Å². The van der Waals surface area contributed by atoms with Crippen LogP contribution in [0, 0.1) is 11.3 Å². The summed E-state index contributed by atoms with van der Waals surface area (Å²) < 4.78 is 6.59. The number of hydrogen-bond acceptors (Lipinski definition) is 5. The average Bonchev–Trinajstić information content (AvgIpc) is 3.02. The number of hydrogen-bond donors (Lipinski definition) is 0. The molecule has 0 atom stereocenters. The number of nitriles is 1. The van der Waals surface area contributed by atoms with E-state index in [-0.39, 0.29) is 5.43 Å². The summed E-state index contributed by atoms with van der Waals surface area (Å²) in [6.45, 7) is 0. The predicted molar refractivity (Wildman–Crippen MR) is 159 cm³/mol. The maximum atomic E-state index is 13.8. The predicted octanol–water partition coefficient (Wildman–Crippen LogP) is 8.45. The molecule has 0 aromatic heterocycles. The summed E-state index contributed by atoms with van der Waals surface area (Å²) in [7, 11) is 0. The van der Waals surface area contributed by atoms with E-state index in [0.29, 0.717) is 44.6 Å². The summed E-state index contributed by atoms with van der Waals surface area (Å²) in [6, 6.07) is 42.8. The quantitative estimate of drug-likeness (QED) is 0.174. The Morgan fingerprint density at radius 2 is 1.30 bits per heavy atom. The van der Waals surface area contributed by atoms with Crippen LogP contribution in [0.1, 0.15) is 5.56 Å². The molecule has 0 unspecified atom stereocenters. The molecule has 5 heteroatoms. The fraction of sp³-hybridized carbons (Fsp3) is 0. The molecule has 7 rings (SSSR count). The SMILES string of the molecule is N#Cc1ccc(-c2c3oc4cc(N(c5ccccc5)c5ccccc5)ccc4nc-3c3ccccc3c2=O)cc1. The van der Waals surface area contributed by atoms with Gasteiger partial charge in [0.2, 0.25) is 0 Å². The summed E-state index contributed by atoms with van der Waals surface area (Å²) in [5.41, 5.74) is 6.28. The van der Waals surface area contributed by atoms with E-state index in [9.17, 15) is 10.1 Å². The lowest BCUT2D eigenvalue weighted by Gasteiger charge is -2.25. The van der Waals surface area contributed by atoms with Crippen LogP contribution in [0.2, 0.25) is 0 Å². The second kappa shape index (κ2) is 9.54. The van der Waals surface area contributed by atoms with E-state index in [4.69, 9.17) is 9.40 Å². The summed E-state index contributed by atoms with van der Waals surface area (Å²) in [5.74, 6) is 0.420. The Morgan fingerprint density at radius 3 is 1.95 bits per heavy atom. The van der Waals surface area contributed by atoms with E-state index in [0.717, 1.165) is 22.4 Å². The molecule has 1 heterocycles. The van der Waals surface area contributed by atoms with Gasteiger partial charge in [-0.05, 0) is 54.1 Å². The Labute approximate surface area is 230 Å². The van der Waals surface area contributed by atoms with Crippen LogP contribution < -0.4 is 10.3 Å². The van der Waals surface area contributed by atoms with Crippen LogP contribution in [-0.2, 0) is 0 Å². The van der Waals surface area contributed by atoms with E-state index in [1.54, 1.807) is 24.3 Å². The van der Waals surface area contributed by atoms with E-state index in [1.807, 2.05) is 78.9 Å². The van der Waals surface area contributed by atoms with Crippen molar-refractivity contribution < 1.29 is 4.42 Å². The summed E-state index contributed by atoms with van der Waals surface area (Å²) in [4.78, 5) is 21.0. The first-order chi connectivity index (χ1) is 19.7. The number of aromatic nitrogens is 1. The summed E-state index contributed by atoms with van der Waals surface area (Å²) >= 11 is 0. The molecule has 0 saturated carbocycles. The van der Waals surface area contributed by atoms with Gasteiger partial charge in [-0.15, -0.1) is 0 Å². The van der Waals surface area contributed by atoms with Gasteiger partial charge in [0.25, 0.3) is 0 Å². The molecular weight excluding hydrogens is 494 g/mol. The van der Waals surface area contributed by atoms with Crippen molar-refractivity contribution in [3.63, 3.8) is 0 Å². The molecule has 0 bridgehead atoms. The maximum Gasteiger partial charge on any atom is 0.198 e. The van der Waals surface area contributed by atoms with Crippen LogP contribution in [0.3, 0.4) is 0 Å². The molecule has 5 nitrogen and oxygen atoms in total. The molecule has 2 aliphatic rings. The minimum Gasteiger partial charge on any atom is -0.452 e. The summed E-state index contributed by atoms with van der Waals surface area (Å²) in [5, 5.41) is 10.6. The zero-order chi connectivity index (χ0) is 27.1. The first kappa shape index (κ1) is 23.4. The Balaban J connectivity index is 1.51. The lowest BCUT2D eigenvalue weighted by molar-refractivity contribution is 0.615. The molecule has 1 aliphatic carbocycles. The largest absolute Gasteiger partial charge is 0.452 e.